The summed E-state index contributed by atoms with van der Waals surface area (Å²) in [5.74, 6) is 1.07. The number of carbonyl (C=O) groups excluding carboxylic acids is 2. The molecule has 0 aliphatic heterocycles. The van der Waals surface area contributed by atoms with Crippen LogP contribution in [0.25, 0.3) is 0 Å². The van der Waals surface area contributed by atoms with Crippen molar-refractivity contribution in [2.75, 3.05) is 5.75 Å². The fourth-order valence-electron chi connectivity index (χ4n) is 3.16. The van der Waals surface area contributed by atoms with Crippen LogP contribution in [0.2, 0.25) is 0 Å². The van der Waals surface area contributed by atoms with E-state index in [0.717, 1.165) is 17.7 Å². The first kappa shape index (κ1) is 24.0. The van der Waals surface area contributed by atoms with Crippen molar-refractivity contribution in [3.8, 4) is 0 Å². The molecule has 0 radical (unpaired) electrons. The Hall–Kier alpha value is -2.27. The number of hydrogen-bond acceptors (Lipinski definition) is 3. The fraction of sp³-hybridized carbons (Fsp3) is 0.440. The molecule has 0 spiro atoms. The summed E-state index contributed by atoms with van der Waals surface area (Å²) in [6, 6.07) is 17.9. The minimum atomic E-state index is -0.466. The number of carbonyl (C=O) groups is 2. The Kier molecular flexibility index (Phi) is 9.95. The van der Waals surface area contributed by atoms with Crippen molar-refractivity contribution in [2.24, 2.45) is 0 Å². The van der Waals surface area contributed by atoms with Gasteiger partial charge in [0.15, 0.2) is 0 Å². The second-order valence-electron chi connectivity index (χ2n) is 7.73. The van der Waals surface area contributed by atoms with Crippen molar-refractivity contribution < 1.29 is 9.59 Å². The van der Waals surface area contributed by atoms with Crippen LogP contribution in [0.4, 0.5) is 0 Å². The van der Waals surface area contributed by atoms with Gasteiger partial charge in [0.2, 0.25) is 11.8 Å². The summed E-state index contributed by atoms with van der Waals surface area (Å²) in [6.45, 7) is 8.51. The maximum Gasteiger partial charge on any atom is 0.243 e. The largest absolute Gasteiger partial charge is 0.352 e. The van der Waals surface area contributed by atoms with E-state index in [2.05, 4.69) is 36.5 Å². The summed E-state index contributed by atoms with van der Waals surface area (Å²) < 4.78 is 0. The smallest absolute Gasteiger partial charge is 0.243 e. The second-order valence-corrected chi connectivity index (χ2v) is 8.71. The molecule has 0 heterocycles. The molecule has 0 aromatic heterocycles. The molecule has 2 unspecified atom stereocenters. The van der Waals surface area contributed by atoms with Crippen LogP contribution in [0.3, 0.4) is 0 Å². The van der Waals surface area contributed by atoms with Crippen LogP contribution in [0.1, 0.15) is 50.3 Å². The number of hydrogen-bond donors (Lipinski definition) is 1. The SMILES string of the molecule is CCC(C)NC(=O)C(CC)N(Cc1ccccc1)C(=O)CSCc1ccc(C)cc1. The van der Waals surface area contributed by atoms with Crippen LogP contribution in [0.5, 0.6) is 0 Å². The predicted molar refractivity (Wildman–Crippen MR) is 126 cm³/mol. The number of nitrogens with zero attached hydrogens (tertiary/aromatic N) is 1. The van der Waals surface area contributed by atoms with Crippen molar-refractivity contribution in [3.05, 3.63) is 71.3 Å². The van der Waals surface area contributed by atoms with E-state index in [1.54, 1.807) is 16.7 Å². The number of rotatable bonds is 11. The fourth-order valence-corrected chi connectivity index (χ4v) is 4.03. The number of nitrogens with one attached hydrogen (secondary N) is 1. The monoisotopic (exact) mass is 426 g/mol. The highest BCUT2D eigenvalue weighted by molar-refractivity contribution is 7.99. The lowest BCUT2D eigenvalue weighted by Gasteiger charge is -2.31. The van der Waals surface area contributed by atoms with E-state index >= 15 is 0 Å². The van der Waals surface area contributed by atoms with Gasteiger partial charge in [-0.05, 0) is 37.8 Å². The van der Waals surface area contributed by atoms with Crippen molar-refractivity contribution in [1.29, 1.82) is 0 Å². The molecule has 162 valence electrons. The Balaban J connectivity index is 2.09. The number of thioether (sulfide) groups is 1. The van der Waals surface area contributed by atoms with Gasteiger partial charge in [0, 0.05) is 18.3 Å². The average Bonchev–Trinajstić information content (AvgIpc) is 2.75. The average molecular weight is 427 g/mol. The van der Waals surface area contributed by atoms with Gasteiger partial charge in [0.25, 0.3) is 0 Å². The van der Waals surface area contributed by atoms with E-state index in [1.807, 2.05) is 51.1 Å². The first-order chi connectivity index (χ1) is 14.4. The van der Waals surface area contributed by atoms with Crippen LogP contribution >= 0.6 is 11.8 Å². The lowest BCUT2D eigenvalue weighted by molar-refractivity contribution is -0.139. The molecule has 2 atom stereocenters. The predicted octanol–water partition coefficient (Wildman–Crippen LogP) is 4.95. The molecule has 30 heavy (non-hydrogen) atoms. The van der Waals surface area contributed by atoms with Gasteiger partial charge in [-0.3, -0.25) is 9.59 Å². The molecule has 0 fully saturated rings. The van der Waals surface area contributed by atoms with Crippen molar-refractivity contribution in [2.45, 2.75) is 64.9 Å². The van der Waals surface area contributed by atoms with Crippen LogP contribution in [-0.2, 0) is 21.9 Å². The maximum atomic E-state index is 13.2. The summed E-state index contributed by atoms with van der Waals surface area (Å²) in [6.07, 6.45) is 1.45. The second kappa shape index (κ2) is 12.4. The summed E-state index contributed by atoms with van der Waals surface area (Å²) in [5.41, 5.74) is 3.46. The van der Waals surface area contributed by atoms with Crippen molar-refractivity contribution in [3.63, 3.8) is 0 Å². The summed E-state index contributed by atoms with van der Waals surface area (Å²) in [7, 11) is 0. The Morgan fingerprint density at radius 3 is 2.23 bits per heavy atom. The normalized spacial score (nSPS) is 12.8. The zero-order valence-corrected chi connectivity index (χ0v) is 19.4. The van der Waals surface area contributed by atoms with Crippen LogP contribution in [0.15, 0.2) is 54.6 Å². The lowest BCUT2D eigenvalue weighted by Crippen LogP contribution is -2.51. The van der Waals surface area contributed by atoms with E-state index in [9.17, 15) is 9.59 Å². The zero-order chi connectivity index (χ0) is 21.9. The van der Waals surface area contributed by atoms with Gasteiger partial charge in [-0.2, -0.15) is 0 Å². The molecular weight excluding hydrogens is 392 g/mol. The quantitative estimate of drug-likeness (QED) is 0.553. The van der Waals surface area contributed by atoms with Gasteiger partial charge in [-0.1, -0.05) is 74.0 Å². The molecule has 2 rings (SSSR count). The number of amides is 2. The Labute approximate surface area is 185 Å². The van der Waals surface area contributed by atoms with Gasteiger partial charge in [0.05, 0.1) is 5.75 Å². The molecule has 0 saturated carbocycles. The molecule has 5 heteroatoms. The molecule has 1 N–H and O–H groups in total. The number of benzene rings is 2. The van der Waals surface area contributed by atoms with Gasteiger partial charge in [-0.25, -0.2) is 0 Å². The standard InChI is InChI=1S/C25H34N2O2S/c1-5-20(4)26-25(29)23(6-2)27(16-21-10-8-7-9-11-21)24(28)18-30-17-22-14-12-19(3)13-15-22/h7-15,20,23H,5-6,16-18H2,1-4H3,(H,26,29). The van der Waals surface area contributed by atoms with Gasteiger partial charge >= 0.3 is 0 Å². The Morgan fingerprint density at radius 2 is 1.63 bits per heavy atom. The van der Waals surface area contributed by atoms with Crippen LogP contribution in [-0.4, -0.2) is 34.6 Å². The molecular formula is C25H34N2O2S. The lowest BCUT2D eigenvalue weighted by atomic mass is 10.1. The van der Waals surface area contributed by atoms with Crippen LogP contribution in [0, 0.1) is 6.92 Å². The van der Waals surface area contributed by atoms with Crippen LogP contribution < -0.4 is 5.32 Å². The minimum Gasteiger partial charge on any atom is -0.352 e. The van der Waals surface area contributed by atoms with Gasteiger partial charge in [0.1, 0.15) is 6.04 Å². The number of aryl methyl sites for hydroxylation is 1. The Bertz CT molecular complexity index is 793. The molecule has 2 amide bonds. The first-order valence-corrected chi connectivity index (χ1v) is 11.9. The highest BCUT2D eigenvalue weighted by atomic mass is 32.2. The summed E-state index contributed by atoms with van der Waals surface area (Å²) >= 11 is 1.59. The topological polar surface area (TPSA) is 49.4 Å². The van der Waals surface area contributed by atoms with E-state index < -0.39 is 6.04 Å². The third-order valence-electron chi connectivity index (χ3n) is 5.20. The van der Waals surface area contributed by atoms with Gasteiger partial charge in [-0.15, -0.1) is 11.8 Å². The van der Waals surface area contributed by atoms with Crippen molar-refractivity contribution >= 4 is 23.6 Å². The minimum absolute atomic E-state index is 0.00196. The first-order valence-electron chi connectivity index (χ1n) is 10.7. The molecule has 2 aromatic carbocycles. The van der Waals surface area contributed by atoms with E-state index in [-0.39, 0.29) is 17.9 Å². The van der Waals surface area contributed by atoms with E-state index in [1.165, 1.54) is 11.1 Å². The summed E-state index contributed by atoms with van der Waals surface area (Å²) in [4.78, 5) is 27.8. The van der Waals surface area contributed by atoms with Crippen molar-refractivity contribution in [1.82, 2.24) is 10.2 Å². The van der Waals surface area contributed by atoms with Gasteiger partial charge < -0.3 is 10.2 Å². The molecule has 2 aromatic rings. The third kappa shape index (κ3) is 7.52. The maximum absolute atomic E-state index is 13.2. The third-order valence-corrected chi connectivity index (χ3v) is 6.19. The zero-order valence-electron chi connectivity index (χ0n) is 18.6. The highest BCUT2D eigenvalue weighted by Gasteiger charge is 2.29. The molecule has 0 aliphatic rings. The van der Waals surface area contributed by atoms with E-state index in [4.69, 9.17) is 0 Å². The summed E-state index contributed by atoms with van der Waals surface area (Å²) in [5, 5.41) is 3.05. The highest BCUT2D eigenvalue weighted by Crippen LogP contribution is 2.18. The van der Waals surface area contributed by atoms with E-state index in [0.29, 0.717) is 18.7 Å². The molecule has 0 saturated heterocycles. The molecule has 0 aliphatic carbocycles. The molecule has 0 bridgehead atoms. The Morgan fingerprint density at radius 1 is 0.967 bits per heavy atom. The molecule has 4 nitrogen and oxygen atoms in total.